The van der Waals surface area contributed by atoms with E-state index in [1.807, 2.05) is 29.2 Å². The smallest absolute Gasteiger partial charge is 0.340 e. The van der Waals surface area contributed by atoms with Crippen LogP contribution in [0.2, 0.25) is 0 Å². The molecule has 1 aliphatic heterocycles. The fourth-order valence-electron chi connectivity index (χ4n) is 3.68. The van der Waals surface area contributed by atoms with Crippen LogP contribution in [0.5, 0.6) is 0 Å². The third-order valence-electron chi connectivity index (χ3n) is 5.30. The molecule has 0 aliphatic carbocycles. The molecule has 2 nitrogen and oxygen atoms in total. The van der Waals surface area contributed by atoms with E-state index in [2.05, 4.69) is 20.4 Å². The second-order valence-corrected chi connectivity index (χ2v) is 7.57. The molecule has 0 radical (unpaired) electrons. The van der Waals surface area contributed by atoms with Gasteiger partial charge in [-0.25, -0.2) is 0 Å². The van der Waals surface area contributed by atoms with Crippen molar-refractivity contribution >= 4 is 11.5 Å². The van der Waals surface area contributed by atoms with E-state index in [0.717, 1.165) is 17.8 Å². The van der Waals surface area contributed by atoms with Crippen LogP contribution in [-0.4, -0.2) is 5.78 Å². The van der Waals surface area contributed by atoms with Crippen molar-refractivity contribution < 1.29 is 18.0 Å². The summed E-state index contributed by atoms with van der Waals surface area (Å²) in [7, 11) is 0. The number of ketones is 1. The topological polar surface area (TPSA) is 20.3 Å². The molecule has 0 aromatic heterocycles. The first-order valence-corrected chi connectivity index (χ1v) is 9.60. The Balaban J connectivity index is 2.04. The van der Waals surface area contributed by atoms with Gasteiger partial charge < -0.3 is 4.90 Å². The minimum atomic E-state index is -4.40. The molecule has 2 atom stereocenters. The maximum Gasteiger partial charge on any atom is 0.416 e. The molecule has 1 heterocycles. The lowest BCUT2D eigenvalue weighted by Crippen LogP contribution is -2.37. The van der Waals surface area contributed by atoms with Crippen LogP contribution in [0.4, 0.5) is 18.9 Å². The quantitative estimate of drug-likeness (QED) is 0.524. The highest BCUT2D eigenvalue weighted by atomic mass is 19.4. The standard InChI is InChI=1S/C24H24F3NO/c1-4-5-21-22(29)14-15-28(20-12-8-17(9-13-20)16(2)3)23(21)18-6-10-19(11-7-18)24(25,26)27/h4,6-16,21,23H,1,5H2,2-3H3/t21-,23+/m1/s1. The second-order valence-electron chi connectivity index (χ2n) is 7.57. The van der Waals surface area contributed by atoms with Gasteiger partial charge in [-0.15, -0.1) is 6.58 Å². The van der Waals surface area contributed by atoms with Crippen molar-refractivity contribution in [3.63, 3.8) is 0 Å². The number of alkyl halides is 3. The molecule has 3 rings (SSSR count). The van der Waals surface area contributed by atoms with E-state index in [1.165, 1.54) is 23.8 Å². The molecule has 152 valence electrons. The zero-order valence-electron chi connectivity index (χ0n) is 16.5. The van der Waals surface area contributed by atoms with Crippen molar-refractivity contribution in [3.8, 4) is 0 Å². The number of hydrogen-bond acceptors (Lipinski definition) is 2. The van der Waals surface area contributed by atoms with Crippen LogP contribution >= 0.6 is 0 Å². The zero-order valence-corrected chi connectivity index (χ0v) is 16.5. The maximum absolute atomic E-state index is 13.0. The average Bonchev–Trinajstić information content (AvgIpc) is 2.69. The molecule has 1 aliphatic rings. The number of allylic oxidation sites excluding steroid dienone is 2. The molecule has 2 aromatic carbocycles. The lowest BCUT2D eigenvalue weighted by Gasteiger charge is -2.38. The molecule has 5 heteroatoms. The van der Waals surface area contributed by atoms with Crippen LogP contribution in [0.1, 0.15) is 48.9 Å². The van der Waals surface area contributed by atoms with Crippen molar-refractivity contribution in [1.82, 2.24) is 0 Å². The van der Waals surface area contributed by atoms with Gasteiger partial charge in [-0.1, -0.05) is 44.2 Å². The monoisotopic (exact) mass is 399 g/mol. The number of carbonyl (C=O) groups excluding carboxylic acids is 1. The van der Waals surface area contributed by atoms with Gasteiger partial charge in [0, 0.05) is 11.9 Å². The first-order chi connectivity index (χ1) is 13.7. The number of anilines is 1. The van der Waals surface area contributed by atoms with Crippen LogP contribution in [0.25, 0.3) is 0 Å². The predicted molar refractivity (Wildman–Crippen MR) is 110 cm³/mol. The Hall–Kier alpha value is -2.82. The van der Waals surface area contributed by atoms with Gasteiger partial charge in [0.2, 0.25) is 0 Å². The fourth-order valence-corrected chi connectivity index (χ4v) is 3.68. The first-order valence-electron chi connectivity index (χ1n) is 9.60. The van der Waals surface area contributed by atoms with E-state index in [1.54, 1.807) is 12.3 Å². The molecular formula is C24H24F3NO. The molecule has 0 N–H and O–H groups in total. The largest absolute Gasteiger partial charge is 0.416 e. The molecule has 0 fully saturated rings. The third kappa shape index (κ3) is 4.44. The number of benzene rings is 2. The third-order valence-corrected chi connectivity index (χ3v) is 5.30. The SMILES string of the molecule is C=CC[C@@H]1C(=O)C=CN(c2ccc(C(C)C)cc2)[C@H]1c1ccc(C(F)(F)F)cc1. The van der Waals surface area contributed by atoms with Crippen LogP contribution in [0.3, 0.4) is 0 Å². The Morgan fingerprint density at radius 2 is 1.69 bits per heavy atom. The summed E-state index contributed by atoms with van der Waals surface area (Å²) in [5.41, 5.74) is 2.04. The first kappa shape index (κ1) is 20.9. The number of rotatable bonds is 5. The molecule has 0 saturated carbocycles. The summed E-state index contributed by atoms with van der Waals surface area (Å²) in [5, 5.41) is 0. The number of nitrogens with zero attached hydrogens (tertiary/aromatic N) is 1. The Kier molecular flexibility index (Phi) is 5.96. The minimum absolute atomic E-state index is 0.0511. The molecule has 29 heavy (non-hydrogen) atoms. The van der Waals surface area contributed by atoms with E-state index in [-0.39, 0.29) is 5.78 Å². The van der Waals surface area contributed by atoms with E-state index >= 15 is 0 Å². The highest BCUT2D eigenvalue weighted by molar-refractivity contribution is 5.94. The van der Waals surface area contributed by atoms with Crippen molar-refractivity contribution in [3.05, 3.63) is 90.2 Å². The molecular weight excluding hydrogens is 375 g/mol. The van der Waals surface area contributed by atoms with Gasteiger partial charge in [0.15, 0.2) is 5.78 Å². The van der Waals surface area contributed by atoms with Gasteiger partial charge in [-0.2, -0.15) is 13.2 Å². The Morgan fingerprint density at radius 3 is 2.21 bits per heavy atom. The van der Waals surface area contributed by atoms with E-state index in [4.69, 9.17) is 0 Å². The van der Waals surface area contributed by atoms with Gasteiger partial charge in [0.05, 0.1) is 17.5 Å². The molecule has 0 saturated heterocycles. The normalized spacial score (nSPS) is 19.7. The van der Waals surface area contributed by atoms with Crippen molar-refractivity contribution in [2.45, 2.75) is 38.4 Å². The Bertz CT molecular complexity index is 895. The fraction of sp³-hybridized carbons (Fsp3) is 0.292. The highest BCUT2D eigenvalue weighted by Crippen LogP contribution is 2.40. The summed E-state index contributed by atoms with van der Waals surface area (Å²) in [6.45, 7) is 7.97. The van der Waals surface area contributed by atoms with Crippen molar-refractivity contribution in [1.29, 1.82) is 0 Å². The zero-order chi connectivity index (χ0) is 21.2. The summed E-state index contributed by atoms with van der Waals surface area (Å²) in [5.74, 6) is -0.0781. The summed E-state index contributed by atoms with van der Waals surface area (Å²) < 4.78 is 38.9. The summed E-state index contributed by atoms with van der Waals surface area (Å²) >= 11 is 0. The highest BCUT2D eigenvalue weighted by Gasteiger charge is 2.36. The number of hydrogen-bond donors (Lipinski definition) is 0. The minimum Gasteiger partial charge on any atom is -0.340 e. The summed E-state index contributed by atoms with van der Waals surface area (Å²) in [6.07, 6.45) is 0.974. The van der Waals surface area contributed by atoms with E-state index < -0.39 is 23.7 Å². The van der Waals surface area contributed by atoms with Crippen LogP contribution in [0.15, 0.2) is 73.5 Å². The lowest BCUT2D eigenvalue weighted by molar-refractivity contribution is -0.137. The molecule has 0 spiro atoms. The Labute approximate surface area is 169 Å². The number of halogens is 3. The molecule has 0 bridgehead atoms. The number of carbonyl (C=O) groups is 1. The van der Waals surface area contributed by atoms with Gasteiger partial charge in [-0.3, -0.25) is 4.79 Å². The lowest BCUT2D eigenvalue weighted by atomic mass is 9.83. The van der Waals surface area contributed by atoms with E-state index in [0.29, 0.717) is 17.9 Å². The Morgan fingerprint density at radius 1 is 1.07 bits per heavy atom. The molecule has 0 unspecified atom stereocenters. The second kappa shape index (κ2) is 8.27. The van der Waals surface area contributed by atoms with E-state index in [9.17, 15) is 18.0 Å². The van der Waals surface area contributed by atoms with Crippen LogP contribution < -0.4 is 4.90 Å². The molecule has 0 amide bonds. The van der Waals surface area contributed by atoms with Crippen LogP contribution in [0, 0.1) is 5.92 Å². The van der Waals surface area contributed by atoms with Gasteiger partial charge >= 0.3 is 6.18 Å². The van der Waals surface area contributed by atoms with Crippen molar-refractivity contribution in [2.24, 2.45) is 5.92 Å². The van der Waals surface area contributed by atoms with Crippen molar-refractivity contribution in [2.75, 3.05) is 4.90 Å². The van der Waals surface area contributed by atoms with Crippen LogP contribution in [-0.2, 0) is 11.0 Å². The van der Waals surface area contributed by atoms with Gasteiger partial charge in [0.25, 0.3) is 0 Å². The van der Waals surface area contributed by atoms with Gasteiger partial charge in [0.1, 0.15) is 0 Å². The average molecular weight is 399 g/mol. The summed E-state index contributed by atoms with van der Waals surface area (Å²) in [6, 6.07) is 12.7. The predicted octanol–water partition coefficient (Wildman–Crippen LogP) is 6.67. The molecule has 2 aromatic rings. The maximum atomic E-state index is 13.0. The summed E-state index contributed by atoms with van der Waals surface area (Å²) in [4.78, 5) is 14.5. The van der Waals surface area contributed by atoms with Gasteiger partial charge in [-0.05, 0) is 53.8 Å².